The Bertz CT molecular complexity index is 593. The van der Waals surface area contributed by atoms with Gasteiger partial charge in [0.05, 0.1) is 17.1 Å². The number of imidazole rings is 1. The van der Waals surface area contributed by atoms with E-state index >= 15 is 0 Å². The molecule has 0 atom stereocenters. The van der Waals surface area contributed by atoms with Crippen molar-refractivity contribution in [1.29, 1.82) is 0 Å². The van der Waals surface area contributed by atoms with Gasteiger partial charge in [0.1, 0.15) is 0 Å². The summed E-state index contributed by atoms with van der Waals surface area (Å²) in [6.07, 6.45) is 3.32. The Morgan fingerprint density at radius 3 is 2.47 bits per heavy atom. The molecular weight excluding hydrogens is 218 g/mol. The zero-order valence-electron chi connectivity index (χ0n) is 9.94. The molecule has 2 aromatic heterocycles. The second-order valence-electron chi connectivity index (χ2n) is 4.00. The van der Waals surface area contributed by atoms with Crippen LogP contribution in [0.15, 0.2) is 6.20 Å². The van der Waals surface area contributed by atoms with Crippen molar-refractivity contribution in [3.8, 4) is 11.5 Å². The van der Waals surface area contributed by atoms with Crippen molar-refractivity contribution in [1.82, 2.24) is 14.5 Å². The third kappa shape index (κ3) is 1.69. The monoisotopic (exact) mass is 231 g/mol. The summed E-state index contributed by atoms with van der Waals surface area (Å²) in [7, 11) is 1.85. The minimum atomic E-state index is 0.419. The normalized spacial score (nSPS) is 10.5. The summed E-state index contributed by atoms with van der Waals surface area (Å²) < 4.78 is 1.82. The summed E-state index contributed by atoms with van der Waals surface area (Å²) in [5, 5.41) is 0. The van der Waals surface area contributed by atoms with Gasteiger partial charge >= 0.3 is 0 Å². The SMILES string of the molecule is Cc1cn(C)c(-c2[nH]c(C=O)c(C)c2C=O)n1. The molecule has 0 fully saturated rings. The van der Waals surface area contributed by atoms with Crippen molar-refractivity contribution >= 4 is 12.6 Å². The number of aromatic amines is 1. The second kappa shape index (κ2) is 4.01. The molecule has 2 aromatic rings. The number of rotatable bonds is 3. The predicted molar refractivity (Wildman–Crippen MR) is 63.2 cm³/mol. The Hall–Kier alpha value is -2.17. The molecule has 0 bridgehead atoms. The zero-order valence-corrected chi connectivity index (χ0v) is 9.94. The summed E-state index contributed by atoms with van der Waals surface area (Å²) >= 11 is 0. The van der Waals surface area contributed by atoms with Crippen molar-refractivity contribution < 1.29 is 9.59 Å². The molecule has 88 valence electrons. The number of nitrogens with one attached hydrogen (secondary N) is 1. The molecule has 5 heteroatoms. The smallest absolute Gasteiger partial charge is 0.166 e. The summed E-state index contributed by atoms with van der Waals surface area (Å²) in [4.78, 5) is 29.2. The third-order valence-corrected chi connectivity index (χ3v) is 2.79. The maximum Gasteiger partial charge on any atom is 0.166 e. The predicted octanol–water partition coefficient (Wildman–Crippen LogP) is 1.66. The highest BCUT2D eigenvalue weighted by Gasteiger charge is 2.17. The van der Waals surface area contributed by atoms with Gasteiger partial charge in [-0.2, -0.15) is 0 Å². The molecule has 0 aliphatic heterocycles. The lowest BCUT2D eigenvalue weighted by Crippen LogP contribution is -1.94. The maximum atomic E-state index is 11.1. The lowest BCUT2D eigenvalue weighted by Gasteiger charge is -1.99. The average molecular weight is 231 g/mol. The Morgan fingerprint density at radius 2 is 2.00 bits per heavy atom. The molecule has 1 N–H and O–H groups in total. The maximum absolute atomic E-state index is 11.1. The largest absolute Gasteiger partial charge is 0.349 e. The molecule has 0 aromatic carbocycles. The van der Waals surface area contributed by atoms with E-state index in [1.54, 1.807) is 6.92 Å². The number of aromatic nitrogens is 3. The van der Waals surface area contributed by atoms with Crippen LogP contribution in [0.25, 0.3) is 11.5 Å². The fourth-order valence-electron chi connectivity index (χ4n) is 1.92. The number of nitrogens with zero attached hydrogens (tertiary/aromatic N) is 2. The molecule has 5 nitrogen and oxygen atoms in total. The summed E-state index contributed by atoms with van der Waals surface area (Å²) in [6, 6.07) is 0. The Labute approximate surface area is 98.5 Å². The molecule has 17 heavy (non-hydrogen) atoms. The van der Waals surface area contributed by atoms with E-state index < -0.39 is 0 Å². The van der Waals surface area contributed by atoms with E-state index in [-0.39, 0.29) is 0 Å². The van der Waals surface area contributed by atoms with Crippen LogP contribution in [0.1, 0.15) is 32.1 Å². The van der Waals surface area contributed by atoms with Gasteiger partial charge in [-0.05, 0) is 19.4 Å². The van der Waals surface area contributed by atoms with Crippen LogP contribution in [0.3, 0.4) is 0 Å². The number of carbonyl (C=O) groups is 2. The van der Waals surface area contributed by atoms with Crippen molar-refractivity contribution in [3.05, 3.63) is 28.7 Å². The van der Waals surface area contributed by atoms with Crippen molar-refractivity contribution in [2.45, 2.75) is 13.8 Å². The van der Waals surface area contributed by atoms with Crippen LogP contribution < -0.4 is 0 Å². The molecule has 0 aliphatic carbocycles. The van der Waals surface area contributed by atoms with Gasteiger partial charge in [-0.15, -0.1) is 0 Å². The van der Waals surface area contributed by atoms with Gasteiger partial charge in [-0.1, -0.05) is 0 Å². The Balaban J connectivity index is 2.70. The number of aldehydes is 2. The zero-order chi connectivity index (χ0) is 12.6. The molecule has 2 rings (SSSR count). The van der Waals surface area contributed by atoms with Crippen LogP contribution in [0.4, 0.5) is 0 Å². The average Bonchev–Trinajstić information content (AvgIpc) is 2.78. The summed E-state index contributed by atoms with van der Waals surface area (Å²) in [5.41, 5.74) is 3.02. The summed E-state index contributed by atoms with van der Waals surface area (Å²) in [6.45, 7) is 3.61. The topological polar surface area (TPSA) is 67.8 Å². The molecule has 2 heterocycles. The summed E-state index contributed by atoms with van der Waals surface area (Å²) in [5.74, 6) is 0.654. The van der Waals surface area contributed by atoms with Crippen LogP contribution in [-0.4, -0.2) is 27.1 Å². The van der Waals surface area contributed by atoms with Crippen LogP contribution in [0, 0.1) is 13.8 Å². The first-order chi connectivity index (χ1) is 8.08. The van der Waals surface area contributed by atoms with E-state index in [4.69, 9.17) is 0 Å². The second-order valence-corrected chi connectivity index (χ2v) is 4.00. The lowest BCUT2D eigenvalue weighted by molar-refractivity contribution is 0.111. The van der Waals surface area contributed by atoms with E-state index in [0.717, 1.165) is 12.0 Å². The highest BCUT2D eigenvalue weighted by Crippen LogP contribution is 2.25. The van der Waals surface area contributed by atoms with Gasteiger partial charge in [0.25, 0.3) is 0 Å². The van der Waals surface area contributed by atoms with Crippen molar-refractivity contribution in [2.75, 3.05) is 0 Å². The standard InChI is InChI=1S/C12H13N3O2/c1-7-4-15(3)12(13-7)11-9(5-16)8(2)10(6-17)14-11/h4-6,14H,1-3H3. The third-order valence-electron chi connectivity index (χ3n) is 2.79. The molecule has 0 aliphatic rings. The van der Waals surface area contributed by atoms with Crippen LogP contribution >= 0.6 is 0 Å². The van der Waals surface area contributed by atoms with Gasteiger partial charge in [-0.3, -0.25) is 9.59 Å². The number of carbonyl (C=O) groups excluding carboxylic acids is 2. The molecule has 0 saturated heterocycles. The minimum absolute atomic E-state index is 0.419. The van der Waals surface area contributed by atoms with Gasteiger partial charge in [0.15, 0.2) is 18.4 Å². The lowest BCUT2D eigenvalue weighted by atomic mass is 10.1. The molecule has 0 spiro atoms. The van der Waals surface area contributed by atoms with Crippen LogP contribution in [0.2, 0.25) is 0 Å². The Morgan fingerprint density at radius 1 is 1.29 bits per heavy atom. The van der Waals surface area contributed by atoms with E-state index in [1.807, 2.05) is 24.7 Å². The van der Waals surface area contributed by atoms with Gasteiger partial charge in [0.2, 0.25) is 0 Å². The fraction of sp³-hybridized carbons (Fsp3) is 0.250. The molecule has 0 saturated carbocycles. The first-order valence-electron chi connectivity index (χ1n) is 5.21. The Kier molecular flexibility index (Phi) is 2.67. The fourth-order valence-corrected chi connectivity index (χ4v) is 1.92. The van der Waals surface area contributed by atoms with E-state index in [2.05, 4.69) is 9.97 Å². The first kappa shape index (κ1) is 11.3. The minimum Gasteiger partial charge on any atom is -0.349 e. The number of aryl methyl sites for hydroxylation is 2. The quantitative estimate of drug-likeness (QED) is 0.817. The first-order valence-corrected chi connectivity index (χ1v) is 5.21. The van der Waals surface area contributed by atoms with Crippen molar-refractivity contribution in [2.24, 2.45) is 7.05 Å². The van der Waals surface area contributed by atoms with E-state index in [1.165, 1.54) is 0 Å². The number of hydrogen-bond acceptors (Lipinski definition) is 3. The molecular formula is C12H13N3O2. The molecule has 0 amide bonds. The van der Waals surface area contributed by atoms with Gasteiger partial charge in [0, 0.05) is 18.8 Å². The van der Waals surface area contributed by atoms with Crippen molar-refractivity contribution in [3.63, 3.8) is 0 Å². The molecule has 0 unspecified atom stereocenters. The number of H-pyrrole nitrogens is 1. The van der Waals surface area contributed by atoms with E-state index in [9.17, 15) is 9.59 Å². The number of hydrogen-bond donors (Lipinski definition) is 1. The van der Waals surface area contributed by atoms with Crippen LogP contribution in [0.5, 0.6) is 0 Å². The van der Waals surface area contributed by atoms with Crippen LogP contribution in [-0.2, 0) is 7.05 Å². The van der Waals surface area contributed by atoms with Gasteiger partial charge < -0.3 is 9.55 Å². The molecule has 0 radical (unpaired) electrons. The van der Waals surface area contributed by atoms with E-state index in [0.29, 0.717) is 34.6 Å². The van der Waals surface area contributed by atoms with Gasteiger partial charge in [-0.25, -0.2) is 4.98 Å². The highest BCUT2D eigenvalue weighted by atomic mass is 16.1. The highest BCUT2D eigenvalue weighted by molar-refractivity contribution is 5.92.